The van der Waals surface area contributed by atoms with Crippen molar-refractivity contribution in [1.82, 2.24) is 5.32 Å². The standard InChI is InChI=1S/C12H14F3N/c1-4-11(12(13,14)15)8-7-10(2)6-5-9-16-3/h4,7-8,16H,2,9H2,1,3H3/b8-7-,11-4+. The quantitative estimate of drug-likeness (QED) is 0.579. The van der Waals surface area contributed by atoms with Crippen molar-refractivity contribution < 1.29 is 13.2 Å². The fourth-order valence-electron chi connectivity index (χ4n) is 0.833. The van der Waals surface area contributed by atoms with Crippen molar-refractivity contribution in [2.24, 2.45) is 0 Å². The summed E-state index contributed by atoms with van der Waals surface area (Å²) in [7, 11) is 1.73. The zero-order valence-corrected chi connectivity index (χ0v) is 9.28. The van der Waals surface area contributed by atoms with Gasteiger partial charge < -0.3 is 5.32 Å². The fourth-order valence-corrected chi connectivity index (χ4v) is 0.833. The van der Waals surface area contributed by atoms with Gasteiger partial charge in [0.05, 0.1) is 12.1 Å². The zero-order valence-electron chi connectivity index (χ0n) is 9.28. The third kappa shape index (κ3) is 6.10. The van der Waals surface area contributed by atoms with E-state index < -0.39 is 11.7 Å². The van der Waals surface area contributed by atoms with Crippen LogP contribution in [0.25, 0.3) is 0 Å². The molecule has 0 aromatic carbocycles. The first kappa shape index (κ1) is 14.5. The predicted molar refractivity (Wildman–Crippen MR) is 59.8 cm³/mol. The van der Waals surface area contributed by atoms with Gasteiger partial charge in [0, 0.05) is 5.57 Å². The molecule has 0 saturated heterocycles. The normalized spacial score (nSPS) is 12.4. The number of halogens is 3. The SMILES string of the molecule is C=C(C#CCNC)/C=C\C(=C/C)C(F)(F)F. The van der Waals surface area contributed by atoms with Crippen molar-refractivity contribution in [2.45, 2.75) is 13.1 Å². The molecule has 88 valence electrons. The van der Waals surface area contributed by atoms with Crippen molar-refractivity contribution in [3.8, 4) is 11.8 Å². The van der Waals surface area contributed by atoms with Crippen LogP contribution in [0.5, 0.6) is 0 Å². The smallest absolute Gasteiger partial charge is 0.309 e. The number of alkyl halides is 3. The number of hydrogen-bond acceptors (Lipinski definition) is 1. The summed E-state index contributed by atoms with van der Waals surface area (Å²) in [6.07, 6.45) is -1.10. The Kier molecular flexibility index (Phi) is 6.28. The maximum Gasteiger partial charge on any atom is 0.416 e. The molecule has 0 fully saturated rings. The highest BCUT2D eigenvalue weighted by molar-refractivity contribution is 5.39. The second-order valence-electron chi connectivity index (χ2n) is 2.93. The van der Waals surface area contributed by atoms with Crippen LogP contribution >= 0.6 is 0 Å². The van der Waals surface area contributed by atoms with Gasteiger partial charge in [-0.2, -0.15) is 13.2 Å². The molecule has 0 aromatic rings. The van der Waals surface area contributed by atoms with Crippen LogP contribution in [-0.4, -0.2) is 19.8 Å². The largest absolute Gasteiger partial charge is 0.416 e. The lowest BCUT2D eigenvalue weighted by Gasteiger charge is -2.05. The average molecular weight is 229 g/mol. The van der Waals surface area contributed by atoms with Crippen LogP contribution < -0.4 is 5.32 Å². The van der Waals surface area contributed by atoms with E-state index in [4.69, 9.17) is 0 Å². The Morgan fingerprint density at radius 2 is 2.00 bits per heavy atom. The summed E-state index contributed by atoms with van der Waals surface area (Å²) < 4.78 is 36.8. The Bertz CT molecular complexity index is 351. The molecule has 0 aliphatic rings. The molecule has 0 aliphatic heterocycles. The van der Waals surface area contributed by atoms with E-state index in [1.54, 1.807) is 7.05 Å². The second-order valence-corrected chi connectivity index (χ2v) is 2.93. The Morgan fingerprint density at radius 1 is 1.38 bits per heavy atom. The summed E-state index contributed by atoms with van der Waals surface area (Å²) in [6.45, 7) is 5.34. The number of allylic oxidation sites excluding steroid dienone is 5. The first-order chi connectivity index (χ1) is 7.41. The second kappa shape index (κ2) is 6.91. The van der Waals surface area contributed by atoms with E-state index in [2.05, 4.69) is 23.7 Å². The van der Waals surface area contributed by atoms with Gasteiger partial charge in [-0.3, -0.25) is 0 Å². The summed E-state index contributed by atoms with van der Waals surface area (Å²) in [5.41, 5.74) is -0.358. The first-order valence-corrected chi connectivity index (χ1v) is 4.65. The topological polar surface area (TPSA) is 12.0 Å². The predicted octanol–water partition coefficient (Wildman–Crippen LogP) is 2.83. The monoisotopic (exact) mass is 229 g/mol. The summed E-state index contributed by atoms with van der Waals surface area (Å²) in [6, 6.07) is 0. The molecule has 0 saturated carbocycles. The van der Waals surface area contributed by atoms with Crippen LogP contribution in [0, 0.1) is 11.8 Å². The molecule has 0 rings (SSSR count). The molecule has 0 aromatic heterocycles. The molecule has 0 atom stereocenters. The Balaban J connectivity index is 4.51. The number of rotatable bonds is 3. The van der Waals surface area contributed by atoms with Gasteiger partial charge in [0.1, 0.15) is 0 Å². The van der Waals surface area contributed by atoms with E-state index in [9.17, 15) is 13.2 Å². The van der Waals surface area contributed by atoms with Gasteiger partial charge in [-0.05, 0) is 26.1 Å². The minimum Gasteiger partial charge on any atom is -0.309 e. The lowest BCUT2D eigenvalue weighted by Crippen LogP contribution is -2.09. The molecule has 16 heavy (non-hydrogen) atoms. The molecule has 0 heterocycles. The molecule has 0 unspecified atom stereocenters. The van der Waals surface area contributed by atoms with Gasteiger partial charge in [0.15, 0.2) is 0 Å². The van der Waals surface area contributed by atoms with Crippen LogP contribution in [0.2, 0.25) is 0 Å². The van der Waals surface area contributed by atoms with E-state index >= 15 is 0 Å². The van der Waals surface area contributed by atoms with E-state index in [1.165, 1.54) is 13.0 Å². The number of nitrogens with one attached hydrogen (secondary N) is 1. The summed E-state index contributed by atoms with van der Waals surface area (Å²) in [4.78, 5) is 0. The summed E-state index contributed by atoms with van der Waals surface area (Å²) >= 11 is 0. The van der Waals surface area contributed by atoms with Crippen molar-refractivity contribution in [2.75, 3.05) is 13.6 Å². The van der Waals surface area contributed by atoms with Crippen LogP contribution in [0.4, 0.5) is 13.2 Å². The van der Waals surface area contributed by atoms with Crippen LogP contribution in [0.15, 0.2) is 36.0 Å². The molecule has 0 radical (unpaired) electrons. The van der Waals surface area contributed by atoms with Crippen molar-refractivity contribution in [3.05, 3.63) is 36.0 Å². The van der Waals surface area contributed by atoms with Gasteiger partial charge in [0.25, 0.3) is 0 Å². The third-order valence-electron chi connectivity index (χ3n) is 1.62. The molecule has 0 amide bonds. The van der Waals surface area contributed by atoms with E-state index in [0.717, 1.165) is 12.2 Å². The fraction of sp³-hybridized carbons (Fsp3) is 0.333. The molecular formula is C12H14F3N. The number of hydrogen-bond donors (Lipinski definition) is 1. The highest BCUT2D eigenvalue weighted by atomic mass is 19.4. The highest BCUT2D eigenvalue weighted by Gasteiger charge is 2.30. The Labute approximate surface area is 93.7 Å². The molecule has 0 spiro atoms. The van der Waals surface area contributed by atoms with Gasteiger partial charge in [-0.15, -0.1) is 0 Å². The molecule has 1 N–H and O–H groups in total. The van der Waals surface area contributed by atoms with E-state index in [-0.39, 0.29) is 0 Å². The average Bonchev–Trinajstić information content (AvgIpc) is 2.17. The molecule has 4 heteroatoms. The lowest BCUT2D eigenvalue weighted by atomic mass is 10.2. The van der Waals surface area contributed by atoms with Gasteiger partial charge in [-0.25, -0.2) is 0 Å². The summed E-state index contributed by atoms with van der Waals surface area (Å²) in [5, 5.41) is 2.79. The minimum atomic E-state index is -4.33. The molecule has 1 nitrogen and oxygen atoms in total. The van der Waals surface area contributed by atoms with Crippen molar-refractivity contribution in [1.29, 1.82) is 0 Å². The Morgan fingerprint density at radius 3 is 2.44 bits per heavy atom. The van der Waals surface area contributed by atoms with Crippen molar-refractivity contribution >= 4 is 0 Å². The molecule has 0 bridgehead atoms. The van der Waals surface area contributed by atoms with Gasteiger partial charge in [0.2, 0.25) is 0 Å². The maximum absolute atomic E-state index is 12.3. The third-order valence-corrected chi connectivity index (χ3v) is 1.62. The van der Waals surface area contributed by atoms with E-state index in [1.807, 2.05) is 0 Å². The van der Waals surface area contributed by atoms with Gasteiger partial charge >= 0.3 is 6.18 Å². The Hall–Kier alpha value is -1.47. The maximum atomic E-state index is 12.3. The molecular weight excluding hydrogens is 215 g/mol. The minimum absolute atomic E-state index is 0.346. The van der Waals surface area contributed by atoms with Crippen LogP contribution in [0.1, 0.15) is 6.92 Å². The first-order valence-electron chi connectivity index (χ1n) is 4.65. The zero-order chi connectivity index (χ0) is 12.6. The highest BCUT2D eigenvalue weighted by Crippen LogP contribution is 2.26. The van der Waals surface area contributed by atoms with Crippen LogP contribution in [-0.2, 0) is 0 Å². The lowest BCUT2D eigenvalue weighted by molar-refractivity contribution is -0.0883. The van der Waals surface area contributed by atoms with Gasteiger partial charge in [-0.1, -0.05) is 24.5 Å². The molecule has 0 aliphatic carbocycles. The van der Waals surface area contributed by atoms with Crippen molar-refractivity contribution in [3.63, 3.8) is 0 Å². The van der Waals surface area contributed by atoms with E-state index in [0.29, 0.717) is 12.1 Å². The summed E-state index contributed by atoms with van der Waals surface area (Å²) in [5.74, 6) is 5.33. The van der Waals surface area contributed by atoms with Crippen LogP contribution in [0.3, 0.4) is 0 Å².